The van der Waals surface area contributed by atoms with Gasteiger partial charge in [0.25, 0.3) is 0 Å². The van der Waals surface area contributed by atoms with Gasteiger partial charge in [-0.15, -0.1) is 12.4 Å². The fourth-order valence-corrected chi connectivity index (χ4v) is 1.99. The van der Waals surface area contributed by atoms with E-state index in [1.165, 1.54) is 12.0 Å². The molecule has 16 heavy (non-hydrogen) atoms. The quantitative estimate of drug-likeness (QED) is 0.758. The van der Waals surface area contributed by atoms with Crippen molar-refractivity contribution in [2.24, 2.45) is 5.92 Å². The predicted molar refractivity (Wildman–Crippen MR) is 74.4 cm³/mol. The van der Waals surface area contributed by atoms with Gasteiger partial charge in [-0.05, 0) is 31.5 Å². The third kappa shape index (κ3) is 4.54. The number of hydrogen-bond donors (Lipinski definition) is 0. The summed E-state index contributed by atoms with van der Waals surface area (Å²) < 4.78 is 0. The Morgan fingerprint density at radius 3 is 2.12 bits per heavy atom. The lowest BCUT2D eigenvalue weighted by Gasteiger charge is -2.26. The molecule has 0 spiro atoms. The largest absolute Gasteiger partial charge is 0.309 e. The first-order valence-corrected chi connectivity index (χ1v) is 5.84. The lowest BCUT2D eigenvalue weighted by molar-refractivity contribution is 0.315. The second-order valence-electron chi connectivity index (χ2n) is 4.66. The first-order chi connectivity index (χ1) is 7.15. The van der Waals surface area contributed by atoms with Crippen LogP contribution in [0.4, 0.5) is 0 Å². The van der Waals surface area contributed by atoms with Crippen molar-refractivity contribution < 1.29 is 0 Å². The number of hydrogen-bond acceptors (Lipinski definition) is 1. The zero-order valence-corrected chi connectivity index (χ0v) is 11.6. The molecule has 0 fully saturated rings. The van der Waals surface area contributed by atoms with E-state index >= 15 is 0 Å². The molecule has 2 unspecified atom stereocenters. The van der Waals surface area contributed by atoms with Crippen LogP contribution in [-0.2, 0) is 0 Å². The Labute approximate surface area is 106 Å². The van der Waals surface area contributed by atoms with Gasteiger partial charge in [-0.3, -0.25) is 0 Å². The highest BCUT2D eigenvalue weighted by Gasteiger charge is 2.18. The number of rotatable bonds is 5. The summed E-state index contributed by atoms with van der Waals surface area (Å²) in [5, 5.41) is 0. The molecule has 0 saturated heterocycles. The number of likely N-dealkylation sites (N-methyl/N-ethyl adjacent to an activating group) is 1. The standard InChI is InChI=1S/C14H23N.ClH/c1-5-12(2)14(11-15(3)4)13-9-7-6-8-10-13;/h6-10,12,14H,5,11H2,1-4H3;1H. The van der Waals surface area contributed by atoms with Crippen LogP contribution in [0.3, 0.4) is 0 Å². The fraction of sp³-hybridized carbons (Fsp3) is 0.571. The Kier molecular flexibility index (Phi) is 7.44. The minimum absolute atomic E-state index is 0. The summed E-state index contributed by atoms with van der Waals surface area (Å²) in [5.74, 6) is 1.40. The predicted octanol–water partition coefficient (Wildman–Crippen LogP) is 3.80. The van der Waals surface area contributed by atoms with Gasteiger partial charge in [0.05, 0.1) is 0 Å². The summed E-state index contributed by atoms with van der Waals surface area (Å²) in [7, 11) is 4.30. The second-order valence-corrected chi connectivity index (χ2v) is 4.66. The topological polar surface area (TPSA) is 3.24 Å². The second kappa shape index (κ2) is 7.70. The van der Waals surface area contributed by atoms with E-state index in [4.69, 9.17) is 0 Å². The third-order valence-electron chi connectivity index (χ3n) is 3.12. The molecule has 0 saturated carbocycles. The van der Waals surface area contributed by atoms with E-state index < -0.39 is 0 Å². The lowest BCUT2D eigenvalue weighted by Crippen LogP contribution is -2.24. The number of nitrogens with zero attached hydrogens (tertiary/aromatic N) is 1. The highest BCUT2D eigenvalue weighted by molar-refractivity contribution is 5.85. The normalized spacial score (nSPS) is 14.3. The monoisotopic (exact) mass is 241 g/mol. The molecule has 2 atom stereocenters. The van der Waals surface area contributed by atoms with Gasteiger partial charge < -0.3 is 4.90 Å². The van der Waals surface area contributed by atoms with Crippen LogP contribution >= 0.6 is 12.4 Å². The Morgan fingerprint density at radius 1 is 1.12 bits per heavy atom. The summed E-state index contributed by atoms with van der Waals surface area (Å²) in [4.78, 5) is 2.28. The van der Waals surface area contributed by atoms with Crippen molar-refractivity contribution in [3.05, 3.63) is 35.9 Å². The summed E-state index contributed by atoms with van der Waals surface area (Å²) in [5.41, 5.74) is 1.47. The van der Waals surface area contributed by atoms with E-state index in [2.05, 4.69) is 63.2 Å². The molecular formula is C14H24ClN. The molecule has 92 valence electrons. The van der Waals surface area contributed by atoms with Crippen LogP contribution in [0.25, 0.3) is 0 Å². The molecule has 0 amide bonds. The minimum atomic E-state index is 0. The molecule has 0 aliphatic rings. The summed E-state index contributed by atoms with van der Waals surface area (Å²) in [6, 6.07) is 10.9. The van der Waals surface area contributed by atoms with Crippen molar-refractivity contribution in [2.75, 3.05) is 20.6 Å². The molecule has 1 aromatic rings. The highest BCUT2D eigenvalue weighted by Crippen LogP contribution is 2.27. The molecule has 1 rings (SSSR count). The molecular weight excluding hydrogens is 218 g/mol. The molecule has 0 aliphatic heterocycles. The molecule has 0 aliphatic carbocycles. The van der Waals surface area contributed by atoms with E-state index in [-0.39, 0.29) is 12.4 Å². The van der Waals surface area contributed by atoms with E-state index in [9.17, 15) is 0 Å². The summed E-state index contributed by atoms with van der Waals surface area (Å²) >= 11 is 0. The smallest absolute Gasteiger partial charge is 0.00467 e. The van der Waals surface area contributed by atoms with Crippen LogP contribution in [0.1, 0.15) is 31.7 Å². The first-order valence-electron chi connectivity index (χ1n) is 5.84. The maximum absolute atomic E-state index is 2.35. The number of benzene rings is 1. The first kappa shape index (κ1) is 15.5. The van der Waals surface area contributed by atoms with Crippen LogP contribution in [0, 0.1) is 5.92 Å². The van der Waals surface area contributed by atoms with Crippen LogP contribution < -0.4 is 0 Å². The van der Waals surface area contributed by atoms with Crippen molar-refractivity contribution >= 4 is 12.4 Å². The number of halogens is 1. The Balaban J connectivity index is 0.00000225. The van der Waals surface area contributed by atoms with Gasteiger partial charge in [-0.1, -0.05) is 50.6 Å². The van der Waals surface area contributed by atoms with E-state index in [0.717, 1.165) is 12.5 Å². The van der Waals surface area contributed by atoms with Crippen molar-refractivity contribution in [1.82, 2.24) is 4.90 Å². The molecule has 0 aromatic heterocycles. The van der Waals surface area contributed by atoms with Crippen molar-refractivity contribution in [3.63, 3.8) is 0 Å². The van der Waals surface area contributed by atoms with Crippen molar-refractivity contribution in [1.29, 1.82) is 0 Å². The Morgan fingerprint density at radius 2 is 1.69 bits per heavy atom. The van der Waals surface area contributed by atoms with Gasteiger partial charge in [-0.25, -0.2) is 0 Å². The van der Waals surface area contributed by atoms with Crippen LogP contribution in [0.5, 0.6) is 0 Å². The molecule has 0 bridgehead atoms. The molecule has 0 N–H and O–H groups in total. The van der Waals surface area contributed by atoms with Gasteiger partial charge in [0.2, 0.25) is 0 Å². The van der Waals surface area contributed by atoms with Crippen LogP contribution in [0.15, 0.2) is 30.3 Å². The average Bonchev–Trinajstić information content (AvgIpc) is 2.26. The maximum atomic E-state index is 2.35. The Bertz CT molecular complexity index is 271. The van der Waals surface area contributed by atoms with E-state index in [0.29, 0.717) is 5.92 Å². The van der Waals surface area contributed by atoms with Crippen molar-refractivity contribution in [2.45, 2.75) is 26.2 Å². The lowest BCUT2D eigenvalue weighted by atomic mass is 9.85. The van der Waals surface area contributed by atoms with E-state index in [1.54, 1.807) is 0 Å². The molecule has 0 radical (unpaired) electrons. The fourth-order valence-electron chi connectivity index (χ4n) is 1.99. The van der Waals surface area contributed by atoms with Gasteiger partial charge in [0, 0.05) is 6.54 Å². The van der Waals surface area contributed by atoms with Gasteiger partial charge in [0.15, 0.2) is 0 Å². The van der Waals surface area contributed by atoms with Gasteiger partial charge in [0.1, 0.15) is 0 Å². The van der Waals surface area contributed by atoms with Crippen molar-refractivity contribution in [3.8, 4) is 0 Å². The van der Waals surface area contributed by atoms with Crippen LogP contribution in [0.2, 0.25) is 0 Å². The van der Waals surface area contributed by atoms with Gasteiger partial charge in [-0.2, -0.15) is 0 Å². The highest BCUT2D eigenvalue weighted by atomic mass is 35.5. The zero-order valence-electron chi connectivity index (χ0n) is 10.8. The minimum Gasteiger partial charge on any atom is -0.309 e. The zero-order chi connectivity index (χ0) is 11.3. The average molecular weight is 242 g/mol. The summed E-state index contributed by atoms with van der Waals surface area (Å²) in [6.07, 6.45) is 1.24. The maximum Gasteiger partial charge on any atom is 0.00467 e. The van der Waals surface area contributed by atoms with Gasteiger partial charge >= 0.3 is 0 Å². The molecule has 1 aromatic carbocycles. The van der Waals surface area contributed by atoms with Crippen LogP contribution in [-0.4, -0.2) is 25.5 Å². The summed E-state index contributed by atoms with van der Waals surface area (Å²) in [6.45, 7) is 5.76. The molecule has 1 nitrogen and oxygen atoms in total. The third-order valence-corrected chi connectivity index (χ3v) is 3.12. The van der Waals surface area contributed by atoms with E-state index in [1.807, 2.05) is 0 Å². The Hall–Kier alpha value is -0.530. The molecule has 0 heterocycles. The molecule has 2 heteroatoms. The SMILES string of the molecule is CCC(C)C(CN(C)C)c1ccccc1.Cl.